The molecule has 0 fully saturated rings. The molecule has 2 aromatic rings. The Kier molecular flexibility index (Phi) is 8.96. The summed E-state index contributed by atoms with van der Waals surface area (Å²) in [6.07, 6.45) is 0.937. The van der Waals surface area contributed by atoms with Gasteiger partial charge < -0.3 is 10.2 Å². The maximum absolute atomic E-state index is 14.4. The van der Waals surface area contributed by atoms with Crippen molar-refractivity contribution in [2.45, 2.75) is 45.8 Å². The second kappa shape index (κ2) is 10.9. The monoisotopic (exact) mass is 531 g/mol. The predicted molar refractivity (Wildman–Crippen MR) is 133 cm³/mol. The van der Waals surface area contributed by atoms with Gasteiger partial charge in [-0.25, -0.2) is 12.8 Å². The van der Waals surface area contributed by atoms with Crippen molar-refractivity contribution in [3.05, 3.63) is 63.9 Å². The van der Waals surface area contributed by atoms with Crippen molar-refractivity contribution in [3.8, 4) is 0 Å². The second-order valence-electron chi connectivity index (χ2n) is 8.93. The largest absolute Gasteiger partial charge is 0.350 e. The number of amides is 2. The van der Waals surface area contributed by atoms with Gasteiger partial charge >= 0.3 is 0 Å². The van der Waals surface area contributed by atoms with Crippen LogP contribution >= 0.6 is 23.2 Å². The zero-order valence-electron chi connectivity index (χ0n) is 19.6. The van der Waals surface area contributed by atoms with Crippen LogP contribution in [0.25, 0.3) is 0 Å². The van der Waals surface area contributed by atoms with E-state index in [1.54, 1.807) is 26.8 Å². The van der Waals surface area contributed by atoms with Gasteiger partial charge in [0, 0.05) is 27.7 Å². The quantitative estimate of drug-likeness (QED) is 0.552. The van der Waals surface area contributed by atoms with Crippen LogP contribution in [0.1, 0.15) is 33.3 Å². The number of hydrogen-bond donors (Lipinski definition) is 1. The summed E-state index contributed by atoms with van der Waals surface area (Å²) in [7, 11) is -3.94. The SMILES string of the molecule is C[C@H](C(=O)NC(C)(C)C)N(Cc1ccccc1F)C(=O)CN(c1cc(Cl)cc(Cl)c1)S(C)(=O)=O. The number of sulfonamides is 1. The molecule has 0 aliphatic heterocycles. The molecule has 0 aromatic heterocycles. The van der Waals surface area contributed by atoms with Crippen LogP contribution in [-0.2, 0) is 26.2 Å². The van der Waals surface area contributed by atoms with E-state index in [1.807, 2.05) is 0 Å². The van der Waals surface area contributed by atoms with Gasteiger partial charge in [0.2, 0.25) is 21.8 Å². The first-order chi connectivity index (χ1) is 15.6. The molecule has 186 valence electrons. The highest BCUT2D eigenvalue weighted by Gasteiger charge is 2.32. The minimum absolute atomic E-state index is 0.0889. The zero-order chi connectivity index (χ0) is 25.8. The van der Waals surface area contributed by atoms with Crippen molar-refractivity contribution >= 4 is 50.7 Å². The fraction of sp³-hybridized carbons (Fsp3) is 0.391. The van der Waals surface area contributed by atoms with E-state index >= 15 is 0 Å². The Bertz CT molecular complexity index is 1150. The summed E-state index contributed by atoms with van der Waals surface area (Å²) in [6.45, 7) is 5.98. The normalized spacial score (nSPS) is 12.7. The summed E-state index contributed by atoms with van der Waals surface area (Å²) in [5.41, 5.74) is -0.303. The minimum atomic E-state index is -3.94. The van der Waals surface area contributed by atoms with Crippen molar-refractivity contribution in [2.75, 3.05) is 17.1 Å². The number of carbonyl (C=O) groups excluding carboxylic acids is 2. The van der Waals surface area contributed by atoms with Gasteiger partial charge in [0.05, 0.1) is 11.9 Å². The molecule has 0 aliphatic carbocycles. The Morgan fingerprint density at radius 1 is 1.09 bits per heavy atom. The van der Waals surface area contributed by atoms with Crippen molar-refractivity contribution in [1.82, 2.24) is 10.2 Å². The molecule has 0 aliphatic rings. The van der Waals surface area contributed by atoms with Gasteiger partial charge in [0.25, 0.3) is 0 Å². The molecule has 0 spiro atoms. The van der Waals surface area contributed by atoms with Crippen LogP contribution < -0.4 is 9.62 Å². The molecule has 0 heterocycles. The number of benzene rings is 2. The Labute approximate surface area is 209 Å². The van der Waals surface area contributed by atoms with E-state index in [4.69, 9.17) is 23.2 Å². The highest BCUT2D eigenvalue weighted by Crippen LogP contribution is 2.27. The standard InChI is InChI=1S/C23H28Cl2FN3O4S/c1-15(22(31)27-23(2,3)4)28(13-16-8-6-7-9-20(16)26)21(30)14-29(34(5,32)33)19-11-17(24)10-18(25)12-19/h6-12,15H,13-14H2,1-5H3,(H,27,31)/t15-/m1/s1. The number of nitrogens with one attached hydrogen (secondary N) is 1. The first-order valence-electron chi connectivity index (χ1n) is 10.4. The summed E-state index contributed by atoms with van der Waals surface area (Å²) in [5.74, 6) is -1.72. The maximum Gasteiger partial charge on any atom is 0.244 e. The third-order valence-electron chi connectivity index (χ3n) is 4.78. The number of nitrogens with zero attached hydrogens (tertiary/aromatic N) is 2. The van der Waals surface area contributed by atoms with E-state index < -0.39 is 45.8 Å². The van der Waals surface area contributed by atoms with Crippen LogP contribution in [0, 0.1) is 5.82 Å². The van der Waals surface area contributed by atoms with Gasteiger partial charge in [0.1, 0.15) is 18.4 Å². The molecule has 1 N–H and O–H groups in total. The number of rotatable bonds is 8. The predicted octanol–water partition coefficient (Wildman–Crippen LogP) is 4.23. The van der Waals surface area contributed by atoms with Gasteiger partial charge in [0.15, 0.2) is 0 Å². The molecular formula is C23H28Cl2FN3O4S. The van der Waals surface area contributed by atoms with Crippen molar-refractivity contribution in [3.63, 3.8) is 0 Å². The van der Waals surface area contributed by atoms with Gasteiger partial charge in [-0.2, -0.15) is 0 Å². The van der Waals surface area contributed by atoms with Gasteiger partial charge in [-0.15, -0.1) is 0 Å². The van der Waals surface area contributed by atoms with E-state index in [2.05, 4.69) is 5.32 Å². The van der Waals surface area contributed by atoms with Crippen LogP contribution in [0.4, 0.5) is 10.1 Å². The second-order valence-corrected chi connectivity index (χ2v) is 11.7. The summed E-state index contributed by atoms with van der Waals surface area (Å²) < 4.78 is 40.3. The van der Waals surface area contributed by atoms with Crippen molar-refractivity contribution in [1.29, 1.82) is 0 Å². The van der Waals surface area contributed by atoms with E-state index in [-0.39, 0.29) is 27.8 Å². The molecule has 2 rings (SSSR count). The molecule has 0 bridgehead atoms. The van der Waals surface area contributed by atoms with E-state index in [0.717, 1.165) is 15.5 Å². The number of carbonyl (C=O) groups is 2. The first kappa shape index (κ1) is 27.9. The van der Waals surface area contributed by atoms with Gasteiger partial charge in [-0.3, -0.25) is 13.9 Å². The summed E-state index contributed by atoms with van der Waals surface area (Å²) in [6, 6.07) is 8.99. The first-order valence-corrected chi connectivity index (χ1v) is 13.0. The zero-order valence-corrected chi connectivity index (χ0v) is 21.9. The molecule has 0 radical (unpaired) electrons. The highest BCUT2D eigenvalue weighted by molar-refractivity contribution is 7.92. The summed E-state index contributed by atoms with van der Waals surface area (Å²) in [4.78, 5) is 27.4. The molecule has 1 atom stereocenters. The lowest BCUT2D eigenvalue weighted by atomic mass is 10.1. The lowest BCUT2D eigenvalue weighted by Crippen LogP contribution is -2.54. The van der Waals surface area contributed by atoms with E-state index in [0.29, 0.717) is 0 Å². The minimum Gasteiger partial charge on any atom is -0.350 e. The molecular weight excluding hydrogens is 504 g/mol. The highest BCUT2D eigenvalue weighted by atomic mass is 35.5. The average molecular weight is 532 g/mol. The number of halogens is 3. The number of anilines is 1. The third kappa shape index (κ3) is 7.85. The molecule has 0 saturated heterocycles. The maximum atomic E-state index is 14.4. The van der Waals surface area contributed by atoms with Crippen molar-refractivity contribution in [2.24, 2.45) is 0 Å². The smallest absolute Gasteiger partial charge is 0.244 e. The molecule has 2 aromatic carbocycles. The molecule has 11 heteroatoms. The third-order valence-corrected chi connectivity index (χ3v) is 6.36. The van der Waals surface area contributed by atoms with Gasteiger partial charge in [-0.1, -0.05) is 41.4 Å². The molecule has 2 amide bonds. The van der Waals surface area contributed by atoms with Crippen LogP contribution in [-0.4, -0.2) is 49.5 Å². The van der Waals surface area contributed by atoms with Crippen LogP contribution in [0.2, 0.25) is 10.0 Å². The van der Waals surface area contributed by atoms with E-state index in [9.17, 15) is 22.4 Å². The summed E-state index contributed by atoms with van der Waals surface area (Å²) in [5, 5.41) is 3.16. The van der Waals surface area contributed by atoms with Crippen molar-refractivity contribution < 1.29 is 22.4 Å². The molecule has 0 unspecified atom stereocenters. The van der Waals surface area contributed by atoms with Crippen LogP contribution in [0.5, 0.6) is 0 Å². The number of hydrogen-bond acceptors (Lipinski definition) is 4. The molecule has 0 saturated carbocycles. The Hall–Kier alpha value is -2.36. The van der Waals surface area contributed by atoms with Gasteiger partial charge in [-0.05, 0) is 52.0 Å². The summed E-state index contributed by atoms with van der Waals surface area (Å²) >= 11 is 12.1. The Morgan fingerprint density at radius 2 is 1.65 bits per heavy atom. The van der Waals surface area contributed by atoms with E-state index in [1.165, 1.54) is 43.3 Å². The Balaban J connectivity index is 2.45. The molecule has 7 nitrogen and oxygen atoms in total. The topological polar surface area (TPSA) is 86.8 Å². The van der Waals surface area contributed by atoms with Crippen LogP contribution in [0.15, 0.2) is 42.5 Å². The Morgan fingerprint density at radius 3 is 2.15 bits per heavy atom. The lowest BCUT2D eigenvalue weighted by molar-refractivity contribution is -0.140. The lowest BCUT2D eigenvalue weighted by Gasteiger charge is -2.33. The van der Waals surface area contributed by atoms with Crippen LogP contribution in [0.3, 0.4) is 0 Å². The fourth-order valence-electron chi connectivity index (χ4n) is 3.16. The molecule has 34 heavy (non-hydrogen) atoms. The fourth-order valence-corrected chi connectivity index (χ4v) is 4.51. The average Bonchev–Trinajstić information content (AvgIpc) is 2.67.